The minimum absolute atomic E-state index is 0.312. The molecule has 0 saturated heterocycles. The maximum absolute atomic E-state index is 5.75. The van der Waals surface area contributed by atoms with Crippen LogP contribution in [0.15, 0.2) is 0 Å². The van der Waals surface area contributed by atoms with Crippen molar-refractivity contribution in [1.82, 2.24) is 4.57 Å². The van der Waals surface area contributed by atoms with Crippen molar-refractivity contribution in [1.29, 1.82) is 0 Å². The van der Waals surface area contributed by atoms with Gasteiger partial charge in [0.2, 0.25) is 0 Å². The predicted molar refractivity (Wildman–Crippen MR) is 74.1 cm³/mol. The van der Waals surface area contributed by atoms with Crippen molar-refractivity contribution < 1.29 is 4.74 Å². The summed E-state index contributed by atoms with van der Waals surface area (Å²) in [4.78, 5) is 0. The largest absolute Gasteiger partial charge is 0.377 e. The van der Waals surface area contributed by atoms with Crippen molar-refractivity contribution in [2.45, 2.75) is 70.9 Å². The van der Waals surface area contributed by atoms with Gasteiger partial charge in [0.1, 0.15) is 0 Å². The van der Waals surface area contributed by atoms with Crippen molar-refractivity contribution in [3.63, 3.8) is 0 Å². The van der Waals surface area contributed by atoms with E-state index >= 15 is 0 Å². The second kappa shape index (κ2) is 4.73. The number of hydrogen-bond acceptors (Lipinski definition) is 1. The molecule has 2 heteroatoms. The normalized spacial score (nSPS) is 23.2. The highest BCUT2D eigenvalue weighted by Gasteiger charge is 2.35. The van der Waals surface area contributed by atoms with Gasteiger partial charge in [0.15, 0.2) is 0 Å². The van der Waals surface area contributed by atoms with E-state index in [4.69, 9.17) is 4.74 Å². The Morgan fingerprint density at radius 2 is 2.06 bits per heavy atom. The van der Waals surface area contributed by atoms with Gasteiger partial charge in [-0.2, -0.15) is 0 Å². The molecule has 2 aliphatic rings. The average Bonchev–Trinajstić information content (AvgIpc) is 2.96. The van der Waals surface area contributed by atoms with E-state index in [0.29, 0.717) is 6.10 Å². The number of methoxy groups -OCH3 is 1. The summed E-state index contributed by atoms with van der Waals surface area (Å²) >= 11 is 0. The van der Waals surface area contributed by atoms with E-state index in [-0.39, 0.29) is 0 Å². The first-order chi connectivity index (χ1) is 8.81. The number of aromatic nitrogens is 1. The van der Waals surface area contributed by atoms with Crippen LogP contribution in [0.1, 0.15) is 74.2 Å². The zero-order valence-corrected chi connectivity index (χ0v) is 12.0. The molecule has 0 saturated carbocycles. The van der Waals surface area contributed by atoms with E-state index in [0.717, 1.165) is 18.9 Å². The maximum Gasteiger partial charge on any atom is 0.0838 e. The summed E-state index contributed by atoms with van der Waals surface area (Å²) in [5.74, 6) is 0. The lowest BCUT2D eigenvalue weighted by molar-refractivity contribution is 0.0987. The molecule has 18 heavy (non-hydrogen) atoms. The molecule has 0 N–H and O–H groups in total. The van der Waals surface area contributed by atoms with Gasteiger partial charge in [0, 0.05) is 30.1 Å². The summed E-state index contributed by atoms with van der Waals surface area (Å²) in [7, 11) is 1.86. The lowest BCUT2D eigenvalue weighted by atomic mass is 9.93. The molecule has 1 unspecified atom stereocenters. The lowest BCUT2D eigenvalue weighted by Gasteiger charge is -2.23. The van der Waals surface area contributed by atoms with Crippen molar-refractivity contribution >= 4 is 0 Å². The first-order valence-corrected chi connectivity index (χ1v) is 7.59. The summed E-state index contributed by atoms with van der Waals surface area (Å²) in [5.41, 5.74) is 6.43. The van der Waals surface area contributed by atoms with Crippen LogP contribution < -0.4 is 0 Å². The van der Waals surface area contributed by atoms with Gasteiger partial charge in [-0.1, -0.05) is 13.8 Å². The van der Waals surface area contributed by atoms with Crippen molar-refractivity contribution in [3.05, 3.63) is 22.5 Å². The number of hydrogen-bond donors (Lipinski definition) is 0. The summed E-state index contributed by atoms with van der Waals surface area (Å²) in [6.45, 7) is 4.54. The number of nitrogens with zero attached hydrogens (tertiary/aromatic N) is 1. The fourth-order valence-electron chi connectivity index (χ4n) is 4.21. The maximum atomic E-state index is 5.75. The highest BCUT2D eigenvalue weighted by molar-refractivity contribution is 5.43. The van der Waals surface area contributed by atoms with Crippen LogP contribution in [-0.4, -0.2) is 11.7 Å². The molecule has 3 heterocycles. The first-order valence-electron chi connectivity index (χ1n) is 7.59. The molecule has 0 aliphatic carbocycles. The molecule has 2 nitrogen and oxygen atoms in total. The quantitative estimate of drug-likeness (QED) is 0.785. The third-order valence-electron chi connectivity index (χ3n) is 4.93. The zero-order valence-electron chi connectivity index (χ0n) is 12.0. The van der Waals surface area contributed by atoms with Crippen molar-refractivity contribution in [2.24, 2.45) is 0 Å². The van der Waals surface area contributed by atoms with E-state index in [1.807, 2.05) is 7.11 Å². The number of rotatable bonds is 4. The zero-order chi connectivity index (χ0) is 12.7. The molecular formula is C16H25NO. The lowest BCUT2D eigenvalue weighted by Crippen LogP contribution is -2.14. The van der Waals surface area contributed by atoms with Crippen LogP contribution in [0.5, 0.6) is 0 Å². The van der Waals surface area contributed by atoms with Crippen LogP contribution in [0.25, 0.3) is 0 Å². The van der Waals surface area contributed by atoms with Gasteiger partial charge >= 0.3 is 0 Å². The molecule has 0 fully saturated rings. The Morgan fingerprint density at radius 1 is 1.22 bits per heavy atom. The van der Waals surface area contributed by atoms with E-state index in [2.05, 4.69) is 18.4 Å². The Bertz CT molecular complexity index is 439. The van der Waals surface area contributed by atoms with Crippen LogP contribution in [0.4, 0.5) is 0 Å². The molecule has 1 aromatic heterocycles. The van der Waals surface area contributed by atoms with Gasteiger partial charge in [-0.15, -0.1) is 0 Å². The first kappa shape index (κ1) is 12.3. The molecule has 0 radical (unpaired) electrons. The second-order valence-electron chi connectivity index (χ2n) is 5.73. The molecule has 0 aromatic carbocycles. The van der Waals surface area contributed by atoms with Crippen molar-refractivity contribution in [2.75, 3.05) is 7.11 Å². The molecule has 2 atom stereocenters. The average molecular weight is 247 g/mol. The standard InChI is InChI=1S/C16H25NO/c1-4-12-13-8-6-7-11-9-10-14(17(11)13)16(12)15(5-2)18-3/h11,15H,4-10H2,1-3H3/t11-,15?/m1/s1. The van der Waals surface area contributed by atoms with Gasteiger partial charge in [-0.3, -0.25) is 0 Å². The minimum Gasteiger partial charge on any atom is -0.377 e. The summed E-state index contributed by atoms with van der Waals surface area (Å²) in [5, 5.41) is 0. The number of ether oxygens (including phenoxy) is 1. The van der Waals surface area contributed by atoms with E-state index in [1.165, 1.54) is 32.1 Å². The fraction of sp³-hybridized carbons (Fsp3) is 0.750. The molecule has 100 valence electrons. The van der Waals surface area contributed by atoms with Crippen LogP contribution >= 0.6 is 0 Å². The molecule has 0 bridgehead atoms. The summed E-state index contributed by atoms with van der Waals surface area (Å²) in [6.07, 6.45) is 9.25. The van der Waals surface area contributed by atoms with Crippen LogP contribution in [-0.2, 0) is 24.0 Å². The van der Waals surface area contributed by atoms with Gasteiger partial charge in [-0.25, -0.2) is 0 Å². The Labute approximate surface area is 110 Å². The minimum atomic E-state index is 0.312. The van der Waals surface area contributed by atoms with E-state index < -0.39 is 0 Å². The summed E-state index contributed by atoms with van der Waals surface area (Å²) in [6, 6.07) is 0.803. The molecule has 0 amide bonds. The molecular weight excluding hydrogens is 222 g/mol. The SMILES string of the molecule is CCc1c(C(CC)OC)c2n3c1CCC[C@@H]3CC2. The van der Waals surface area contributed by atoms with Gasteiger partial charge < -0.3 is 9.30 Å². The van der Waals surface area contributed by atoms with Crippen molar-refractivity contribution in [3.8, 4) is 0 Å². The fourth-order valence-corrected chi connectivity index (χ4v) is 4.21. The molecule has 2 aliphatic heterocycles. The third-order valence-corrected chi connectivity index (χ3v) is 4.93. The highest BCUT2D eigenvalue weighted by atomic mass is 16.5. The van der Waals surface area contributed by atoms with Crippen LogP contribution in [0.3, 0.4) is 0 Å². The summed E-state index contributed by atoms with van der Waals surface area (Å²) < 4.78 is 8.45. The second-order valence-corrected chi connectivity index (χ2v) is 5.73. The van der Waals surface area contributed by atoms with Crippen LogP contribution in [0.2, 0.25) is 0 Å². The predicted octanol–water partition coefficient (Wildman–Crippen LogP) is 3.97. The Balaban J connectivity index is 2.16. The molecule has 1 aromatic rings. The van der Waals surface area contributed by atoms with Gasteiger partial charge in [0.25, 0.3) is 0 Å². The monoisotopic (exact) mass is 247 g/mol. The Hall–Kier alpha value is -0.760. The smallest absolute Gasteiger partial charge is 0.0838 e. The molecule has 0 spiro atoms. The Morgan fingerprint density at radius 3 is 2.72 bits per heavy atom. The van der Waals surface area contributed by atoms with E-state index in [1.54, 1.807) is 22.5 Å². The Kier molecular flexibility index (Phi) is 3.23. The third kappa shape index (κ3) is 1.58. The van der Waals surface area contributed by atoms with Gasteiger partial charge in [0.05, 0.1) is 6.10 Å². The molecule has 3 rings (SSSR count). The van der Waals surface area contributed by atoms with Gasteiger partial charge in [-0.05, 0) is 50.5 Å². The highest BCUT2D eigenvalue weighted by Crippen LogP contribution is 2.44. The van der Waals surface area contributed by atoms with E-state index in [9.17, 15) is 0 Å². The topological polar surface area (TPSA) is 14.2 Å². The van der Waals surface area contributed by atoms with Crippen LogP contribution in [0, 0.1) is 0 Å².